The van der Waals surface area contributed by atoms with Crippen LogP contribution in [0.4, 0.5) is 0 Å². The minimum Gasteiger partial charge on any atom is -0.396 e. The molecule has 4 nitrogen and oxygen atoms in total. The van der Waals surface area contributed by atoms with E-state index in [2.05, 4.69) is 4.98 Å². The van der Waals surface area contributed by atoms with Gasteiger partial charge in [-0.15, -0.1) is 0 Å². The summed E-state index contributed by atoms with van der Waals surface area (Å²) in [6.07, 6.45) is 3.99. The van der Waals surface area contributed by atoms with Crippen molar-refractivity contribution < 1.29 is 9.90 Å². The van der Waals surface area contributed by atoms with Crippen LogP contribution < -0.4 is 5.73 Å². The van der Waals surface area contributed by atoms with Crippen molar-refractivity contribution in [3.05, 3.63) is 89.7 Å². The van der Waals surface area contributed by atoms with Gasteiger partial charge >= 0.3 is 0 Å². The minimum atomic E-state index is -0.463. The van der Waals surface area contributed by atoms with Gasteiger partial charge in [0.25, 0.3) is 0 Å². The molecular weight excluding hydrogens is 312 g/mol. The van der Waals surface area contributed by atoms with Crippen molar-refractivity contribution in [1.82, 2.24) is 4.98 Å². The molecule has 1 aromatic heterocycles. The van der Waals surface area contributed by atoms with Crippen molar-refractivity contribution in [2.75, 3.05) is 6.61 Å². The second-order valence-corrected chi connectivity index (χ2v) is 5.88. The smallest absolute Gasteiger partial charge is 0.248 e. The summed E-state index contributed by atoms with van der Waals surface area (Å²) in [5.41, 5.74) is 9.98. The average molecular weight is 332 g/mol. The predicted octanol–water partition coefficient (Wildman–Crippen LogP) is 3.36. The molecule has 3 N–H and O–H groups in total. The topological polar surface area (TPSA) is 76.2 Å². The molecule has 0 saturated heterocycles. The van der Waals surface area contributed by atoms with Crippen molar-refractivity contribution in [3.63, 3.8) is 0 Å². The maximum atomic E-state index is 12.0. The normalized spacial score (nSPS) is 11.9. The van der Waals surface area contributed by atoms with Gasteiger partial charge in [0.1, 0.15) is 0 Å². The number of aliphatic hydroxyl groups is 1. The third kappa shape index (κ3) is 3.75. The Bertz CT molecular complexity index is 848. The molecule has 0 saturated carbocycles. The van der Waals surface area contributed by atoms with Crippen molar-refractivity contribution in [1.29, 1.82) is 0 Å². The lowest BCUT2D eigenvalue weighted by Crippen LogP contribution is -2.17. The van der Waals surface area contributed by atoms with E-state index in [1.807, 2.05) is 54.6 Å². The lowest BCUT2D eigenvalue weighted by molar-refractivity contribution is 0.0999. The van der Waals surface area contributed by atoms with Gasteiger partial charge in [-0.1, -0.05) is 36.4 Å². The van der Waals surface area contributed by atoms with E-state index in [1.165, 1.54) is 0 Å². The molecule has 4 heteroatoms. The largest absolute Gasteiger partial charge is 0.396 e. The molecule has 1 amide bonds. The Hall–Kier alpha value is -2.98. The van der Waals surface area contributed by atoms with Crippen molar-refractivity contribution in [2.24, 2.45) is 5.73 Å². The number of pyridine rings is 1. The van der Waals surface area contributed by atoms with Crippen LogP contribution in [-0.4, -0.2) is 22.6 Å². The fourth-order valence-electron chi connectivity index (χ4n) is 3.12. The molecule has 3 aromatic rings. The van der Waals surface area contributed by atoms with Crippen LogP contribution in [-0.2, 0) is 0 Å². The lowest BCUT2D eigenvalue weighted by Gasteiger charge is -2.20. The number of aromatic nitrogens is 1. The summed E-state index contributed by atoms with van der Waals surface area (Å²) in [4.78, 5) is 16.0. The molecule has 2 aromatic carbocycles. The van der Waals surface area contributed by atoms with E-state index in [9.17, 15) is 9.90 Å². The molecule has 0 bridgehead atoms. The number of carbonyl (C=O) groups is 1. The molecule has 1 heterocycles. The Morgan fingerprint density at radius 2 is 1.72 bits per heavy atom. The van der Waals surface area contributed by atoms with Crippen LogP contribution in [0.5, 0.6) is 0 Å². The van der Waals surface area contributed by atoms with E-state index < -0.39 is 5.91 Å². The summed E-state index contributed by atoms with van der Waals surface area (Å²) in [5, 5.41) is 9.55. The third-order valence-corrected chi connectivity index (χ3v) is 4.33. The second kappa shape index (κ2) is 7.73. The maximum absolute atomic E-state index is 12.0. The number of benzene rings is 2. The highest BCUT2D eigenvalue weighted by Gasteiger charge is 2.20. The number of rotatable bonds is 6. The first-order valence-electron chi connectivity index (χ1n) is 8.20. The van der Waals surface area contributed by atoms with Gasteiger partial charge in [-0.2, -0.15) is 0 Å². The van der Waals surface area contributed by atoms with E-state index in [0.29, 0.717) is 12.0 Å². The molecule has 0 aliphatic carbocycles. The average Bonchev–Trinajstić information content (AvgIpc) is 2.67. The number of hydrogen-bond acceptors (Lipinski definition) is 3. The Morgan fingerprint density at radius 1 is 1.00 bits per heavy atom. The summed E-state index contributed by atoms with van der Waals surface area (Å²) < 4.78 is 0. The summed E-state index contributed by atoms with van der Waals surface area (Å²) >= 11 is 0. The van der Waals surface area contributed by atoms with Crippen LogP contribution in [0.3, 0.4) is 0 Å². The molecule has 1 atom stereocenters. The standard InChI is InChI=1S/C21H20N2O2/c22-21(25)19-7-6-17(15-8-11-23-12-9-15)14-20(19)18(10-13-24)16-4-2-1-3-5-16/h1-9,11-12,14,18,24H,10,13H2,(H2,22,25)/t18-/m0/s1. The zero-order valence-corrected chi connectivity index (χ0v) is 13.8. The quantitative estimate of drug-likeness (QED) is 0.727. The molecule has 3 rings (SSSR count). The number of nitrogens with two attached hydrogens (primary N) is 1. The fraction of sp³-hybridized carbons (Fsp3) is 0.143. The first-order valence-corrected chi connectivity index (χ1v) is 8.20. The second-order valence-electron chi connectivity index (χ2n) is 5.88. The molecule has 0 radical (unpaired) electrons. The molecule has 25 heavy (non-hydrogen) atoms. The molecule has 0 spiro atoms. The van der Waals surface area contributed by atoms with Gasteiger partial charge in [-0.3, -0.25) is 9.78 Å². The Balaban J connectivity index is 2.15. The molecule has 0 aliphatic heterocycles. The summed E-state index contributed by atoms with van der Waals surface area (Å²) in [6, 6.07) is 19.4. The van der Waals surface area contributed by atoms with Gasteiger partial charge in [0.15, 0.2) is 0 Å². The maximum Gasteiger partial charge on any atom is 0.248 e. The van der Waals surface area contributed by atoms with Crippen LogP contribution in [0.15, 0.2) is 73.1 Å². The molecular formula is C21H20N2O2. The highest BCUT2D eigenvalue weighted by atomic mass is 16.3. The number of hydrogen-bond donors (Lipinski definition) is 2. The zero-order chi connectivity index (χ0) is 17.6. The number of nitrogens with zero attached hydrogens (tertiary/aromatic N) is 1. The first-order chi connectivity index (χ1) is 12.2. The monoisotopic (exact) mass is 332 g/mol. The number of carbonyl (C=O) groups excluding carboxylic acids is 1. The number of aliphatic hydroxyl groups excluding tert-OH is 1. The van der Waals surface area contributed by atoms with Gasteiger partial charge < -0.3 is 10.8 Å². The highest BCUT2D eigenvalue weighted by molar-refractivity contribution is 5.95. The molecule has 0 fully saturated rings. The van der Waals surface area contributed by atoms with Gasteiger partial charge in [0, 0.05) is 30.5 Å². The van der Waals surface area contributed by atoms with Crippen LogP contribution in [0.2, 0.25) is 0 Å². The SMILES string of the molecule is NC(=O)c1ccc(-c2ccncc2)cc1[C@@H](CCO)c1ccccc1. The summed E-state index contributed by atoms with van der Waals surface area (Å²) in [7, 11) is 0. The molecule has 126 valence electrons. The third-order valence-electron chi connectivity index (χ3n) is 4.33. The van der Waals surface area contributed by atoms with Crippen LogP contribution in [0, 0.1) is 0 Å². The highest BCUT2D eigenvalue weighted by Crippen LogP contribution is 2.33. The Kier molecular flexibility index (Phi) is 5.21. The number of primary amides is 1. The predicted molar refractivity (Wildman–Crippen MR) is 98.2 cm³/mol. The van der Waals surface area contributed by atoms with Crippen LogP contribution in [0.1, 0.15) is 33.8 Å². The van der Waals surface area contributed by atoms with Crippen molar-refractivity contribution in [3.8, 4) is 11.1 Å². The van der Waals surface area contributed by atoms with Gasteiger partial charge in [0.2, 0.25) is 5.91 Å². The van der Waals surface area contributed by atoms with E-state index in [0.717, 1.165) is 22.3 Å². The zero-order valence-electron chi connectivity index (χ0n) is 13.8. The summed E-state index contributed by atoms with van der Waals surface area (Å²) in [5.74, 6) is -0.564. The van der Waals surface area contributed by atoms with E-state index in [1.54, 1.807) is 18.5 Å². The lowest BCUT2D eigenvalue weighted by atomic mass is 9.84. The van der Waals surface area contributed by atoms with Crippen molar-refractivity contribution in [2.45, 2.75) is 12.3 Å². The van der Waals surface area contributed by atoms with Gasteiger partial charge in [0.05, 0.1) is 0 Å². The van der Waals surface area contributed by atoms with Crippen LogP contribution in [0.25, 0.3) is 11.1 Å². The minimum absolute atomic E-state index is 0.0250. The van der Waals surface area contributed by atoms with Crippen LogP contribution >= 0.6 is 0 Å². The summed E-state index contributed by atoms with van der Waals surface area (Å²) in [6.45, 7) is 0.0250. The fourth-order valence-corrected chi connectivity index (χ4v) is 3.12. The molecule has 0 aliphatic rings. The van der Waals surface area contributed by atoms with E-state index in [-0.39, 0.29) is 12.5 Å². The Morgan fingerprint density at radius 3 is 2.36 bits per heavy atom. The molecule has 0 unspecified atom stereocenters. The van der Waals surface area contributed by atoms with E-state index in [4.69, 9.17) is 5.73 Å². The van der Waals surface area contributed by atoms with E-state index >= 15 is 0 Å². The van der Waals surface area contributed by atoms with Crippen molar-refractivity contribution >= 4 is 5.91 Å². The first kappa shape index (κ1) is 16.9. The van der Waals surface area contributed by atoms with Gasteiger partial charge in [-0.25, -0.2) is 0 Å². The van der Waals surface area contributed by atoms with Gasteiger partial charge in [-0.05, 0) is 52.9 Å². The Labute approximate surface area is 147 Å². The number of amides is 1.